The summed E-state index contributed by atoms with van der Waals surface area (Å²) < 4.78 is 11.5. The van der Waals surface area contributed by atoms with Gasteiger partial charge in [-0.1, -0.05) is 15.9 Å². The van der Waals surface area contributed by atoms with Crippen LogP contribution >= 0.6 is 15.9 Å². The molecule has 0 saturated carbocycles. The van der Waals surface area contributed by atoms with E-state index < -0.39 is 0 Å². The number of ketones is 1. The van der Waals surface area contributed by atoms with Gasteiger partial charge in [0.25, 0.3) is 5.91 Å². The van der Waals surface area contributed by atoms with E-state index in [2.05, 4.69) is 15.9 Å². The highest BCUT2D eigenvalue weighted by molar-refractivity contribution is 9.10. The Morgan fingerprint density at radius 3 is 3.05 bits per heavy atom. The van der Waals surface area contributed by atoms with Crippen molar-refractivity contribution in [2.45, 2.75) is 6.42 Å². The van der Waals surface area contributed by atoms with E-state index in [0.29, 0.717) is 24.7 Å². The summed E-state index contributed by atoms with van der Waals surface area (Å²) in [5.41, 5.74) is 0.642. The average Bonchev–Trinajstić information content (AvgIpc) is 2.96. The van der Waals surface area contributed by atoms with Gasteiger partial charge in [-0.2, -0.15) is 0 Å². The largest absolute Gasteiger partial charge is 0.482 e. The van der Waals surface area contributed by atoms with Crippen LogP contribution in [-0.2, 0) is 14.3 Å². The number of nitrogens with zero attached hydrogens (tertiary/aromatic N) is 1. The van der Waals surface area contributed by atoms with Gasteiger partial charge in [-0.05, 0) is 24.6 Å². The van der Waals surface area contributed by atoms with Crippen molar-refractivity contribution in [3.05, 3.63) is 22.7 Å². The van der Waals surface area contributed by atoms with Gasteiger partial charge in [0.15, 0.2) is 12.4 Å². The van der Waals surface area contributed by atoms with Crippen LogP contribution in [0.1, 0.15) is 6.42 Å². The van der Waals surface area contributed by atoms with Crippen LogP contribution in [0.3, 0.4) is 0 Å². The Morgan fingerprint density at radius 1 is 1.45 bits per heavy atom. The number of anilines is 1. The molecule has 106 valence electrons. The van der Waals surface area contributed by atoms with Crippen LogP contribution < -0.4 is 9.64 Å². The summed E-state index contributed by atoms with van der Waals surface area (Å²) in [6.07, 6.45) is 0.739. The molecule has 0 bridgehead atoms. The third-order valence-electron chi connectivity index (χ3n) is 3.56. The summed E-state index contributed by atoms with van der Waals surface area (Å²) in [6.45, 7) is 1.14. The predicted molar refractivity (Wildman–Crippen MR) is 75.9 cm³/mol. The van der Waals surface area contributed by atoms with Crippen LogP contribution in [-0.4, -0.2) is 38.1 Å². The van der Waals surface area contributed by atoms with Crippen LogP contribution in [0.15, 0.2) is 22.7 Å². The van der Waals surface area contributed by atoms with Gasteiger partial charge in [0, 0.05) is 17.0 Å². The number of benzene rings is 1. The Labute approximate surface area is 125 Å². The number of hydrogen-bond acceptors (Lipinski definition) is 4. The number of halogens is 1. The topological polar surface area (TPSA) is 55.8 Å². The second kappa shape index (κ2) is 5.54. The SMILES string of the molecule is O=C(CN1C(=O)COc2ccc(Br)cc21)C1CCOC1. The fraction of sp³-hybridized carbons (Fsp3) is 0.429. The number of ether oxygens (including phenoxy) is 2. The second-order valence-electron chi connectivity index (χ2n) is 4.91. The fourth-order valence-electron chi connectivity index (χ4n) is 2.42. The molecule has 6 heteroatoms. The molecule has 0 N–H and O–H groups in total. The standard InChI is InChI=1S/C14H14BrNO4/c15-10-1-2-13-11(5-10)16(14(18)8-20-13)6-12(17)9-3-4-19-7-9/h1-2,5,9H,3-4,6-8H2. The maximum Gasteiger partial charge on any atom is 0.265 e. The zero-order valence-electron chi connectivity index (χ0n) is 10.8. The molecule has 1 aromatic rings. The molecule has 1 aromatic carbocycles. The molecular formula is C14H14BrNO4. The van der Waals surface area contributed by atoms with Crippen molar-refractivity contribution in [1.82, 2.24) is 0 Å². The van der Waals surface area contributed by atoms with E-state index in [1.165, 1.54) is 4.90 Å². The third-order valence-corrected chi connectivity index (χ3v) is 4.06. The fourth-order valence-corrected chi connectivity index (χ4v) is 2.77. The zero-order chi connectivity index (χ0) is 14.1. The summed E-state index contributed by atoms with van der Waals surface area (Å²) in [5.74, 6) is 0.385. The van der Waals surface area contributed by atoms with Crippen LogP contribution in [0.2, 0.25) is 0 Å². The van der Waals surface area contributed by atoms with Crippen molar-refractivity contribution < 1.29 is 19.1 Å². The van der Waals surface area contributed by atoms with Crippen molar-refractivity contribution in [2.24, 2.45) is 5.92 Å². The first-order valence-corrected chi connectivity index (χ1v) is 7.27. The number of rotatable bonds is 3. The molecule has 1 fully saturated rings. The van der Waals surface area contributed by atoms with Crippen molar-refractivity contribution in [3.63, 3.8) is 0 Å². The smallest absolute Gasteiger partial charge is 0.265 e. The Kier molecular flexibility index (Phi) is 3.76. The zero-order valence-corrected chi connectivity index (χ0v) is 12.4. The minimum atomic E-state index is -0.192. The number of hydrogen-bond donors (Lipinski definition) is 0. The first-order chi connectivity index (χ1) is 9.65. The maximum absolute atomic E-state index is 12.2. The molecule has 1 saturated heterocycles. The normalized spacial score (nSPS) is 21.6. The van der Waals surface area contributed by atoms with Gasteiger partial charge in [0.1, 0.15) is 5.75 Å². The lowest BCUT2D eigenvalue weighted by Gasteiger charge is -2.29. The van der Waals surface area contributed by atoms with Gasteiger partial charge in [0.05, 0.1) is 18.8 Å². The molecule has 5 nitrogen and oxygen atoms in total. The molecule has 1 unspecified atom stereocenters. The Hall–Kier alpha value is -1.40. The molecule has 2 heterocycles. The Balaban J connectivity index is 1.83. The second-order valence-corrected chi connectivity index (χ2v) is 5.82. The molecule has 1 atom stereocenters. The van der Waals surface area contributed by atoms with Crippen LogP contribution in [0.4, 0.5) is 5.69 Å². The number of carbonyl (C=O) groups excluding carboxylic acids is 2. The summed E-state index contributed by atoms with van der Waals surface area (Å²) in [7, 11) is 0. The first kappa shape index (κ1) is 13.6. The van der Waals surface area contributed by atoms with E-state index in [4.69, 9.17) is 9.47 Å². The molecule has 0 aliphatic carbocycles. The minimum Gasteiger partial charge on any atom is -0.482 e. The molecule has 3 rings (SSSR count). The summed E-state index contributed by atoms with van der Waals surface area (Å²) in [5, 5.41) is 0. The first-order valence-electron chi connectivity index (χ1n) is 6.48. The number of Topliss-reactive ketones (excluding diaryl/α,β-unsaturated/α-hetero) is 1. The van der Waals surface area contributed by atoms with Gasteiger partial charge in [-0.3, -0.25) is 14.5 Å². The van der Waals surface area contributed by atoms with Gasteiger partial charge in [-0.15, -0.1) is 0 Å². The van der Waals surface area contributed by atoms with E-state index in [1.54, 1.807) is 12.1 Å². The minimum absolute atomic E-state index is 0.0247. The van der Waals surface area contributed by atoms with Crippen LogP contribution in [0.25, 0.3) is 0 Å². The summed E-state index contributed by atoms with van der Waals surface area (Å²) >= 11 is 3.37. The molecule has 1 amide bonds. The lowest BCUT2D eigenvalue weighted by atomic mass is 10.0. The summed E-state index contributed by atoms with van der Waals surface area (Å²) in [6, 6.07) is 5.44. The predicted octanol–water partition coefficient (Wildman–Crippen LogP) is 1.78. The van der Waals surface area contributed by atoms with Gasteiger partial charge in [0.2, 0.25) is 0 Å². The molecule has 20 heavy (non-hydrogen) atoms. The van der Waals surface area contributed by atoms with Gasteiger partial charge >= 0.3 is 0 Å². The van der Waals surface area contributed by atoms with Crippen molar-refractivity contribution in [3.8, 4) is 5.75 Å². The molecule has 0 spiro atoms. The van der Waals surface area contributed by atoms with Crippen molar-refractivity contribution in [2.75, 3.05) is 31.3 Å². The maximum atomic E-state index is 12.2. The molecule has 0 radical (unpaired) electrons. The van der Waals surface area contributed by atoms with Crippen LogP contribution in [0.5, 0.6) is 5.75 Å². The van der Waals surface area contributed by atoms with E-state index in [9.17, 15) is 9.59 Å². The lowest BCUT2D eigenvalue weighted by molar-refractivity contribution is -0.126. The van der Waals surface area contributed by atoms with Crippen LogP contribution in [0, 0.1) is 5.92 Å². The lowest BCUT2D eigenvalue weighted by Crippen LogP contribution is -2.43. The highest BCUT2D eigenvalue weighted by Crippen LogP contribution is 2.34. The highest BCUT2D eigenvalue weighted by Gasteiger charge is 2.31. The van der Waals surface area contributed by atoms with E-state index >= 15 is 0 Å². The average molecular weight is 340 g/mol. The molecular weight excluding hydrogens is 326 g/mol. The molecule has 2 aliphatic rings. The Morgan fingerprint density at radius 2 is 2.30 bits per heavy atom. The van der Waals surface area contributed by atoms with Crippen molar-refractivity contribution in [1.29, 1.82) is 0 Å². The number of amides is 1. The van der Waals surface area contributed by atoms with E-state index in [-0.39, 0.29) is 30.8 Å². The van der Waals surface area contributed by atoms with E-state index in [1.807, 2.05) is 6.07 Å². The number of fused-ring (bicyclic) bond motifs is 1. The molecule has 0 aromatic heterocycles. The van der Waals surface area contributed by atoms with Gasteiger partial charge < -0.3 is 9.47 Å². The monoisotopic (exact) mass is 339 g/mol. The summed E-state index contributed by atoms with van der Waals surface area (Å²) in [4.78, 5) is 25.8. The highest BCUT2D eigenvalue weighted by atomic mass is 79.9. The molecule has 2 aliphatic heterocycles. The quantitative estimate of drug-likeness (QED) is 0.842. The third kappa shape index (κ3) is 2.58. The van der Waals surface area contributed by atoms with Gasteiger partial charge in [-0.25, -0.2) is 0 Å². The number of carbonyl (C=O) groups is 2. The Bertz CT molecular complexity index is 554. The van der Waals surface area contributed by atoms with Crippen molar-refractivity contribution >= 4 is 33.3 Å². The van der Waals surface area contributed by atoms with E-state index in [0.717, 1.165) is 10.9 Å².